The molecule has 6 atom stereocenters. The van der Waals surface area contributed by atoms with Gasteiger partial charge in [-0.15, -0.1) is 0 Å². The van der Waals surface area contributed by atoms with Gasteiger partial charge in [0.25, 0.3) is 0 Å². The van der Waals surface area contributed by atoms with Gasteiger partial charge in [0.2, 0.25) is 0 Å². The van der Waals surface area contributed by atoms with Crippen LogP contribution in [0, 0.1) is 5.92 Å². The predicted octanol–water partition coefficient (Wildman–Crippen LogP) is -1.77. The van der Waals surface area contributed by atoms with Crippen LogP contribution in [-0.4, -0.2) is 82.0 Å². The van der Waals surface area contributed by atoms with E-state index in [4.69, 9.17) is 49.7 Å². The minimum atomic E-state index is -1.18. The van der Waals surface area contributed by atoms with Crippen LogP contribution in [0.15, 0.2) is 35.3 Å². The molecule has 0 unspecified atom stereocenters. The summed E-state index contributed by atoms with van der Waals surface area (Å²) in [6, 6.07) is 5.67. The van der Waals surface area contributed by atoms with Crippen molar-refractivity contribution in [1.82, 2.24) is 0 Å². The van der Waals surface area contributed by atoms with Crippen LogP contribution in [0.1, 0.15) is 45.6 Å². The van der Waals surface area contributed by atoms with Crippen molar-refractivity contribution in [2.24, 2.45) is 45.3 Å². The highest BCUT2D eigenvalue weighted by Crippen LogP contribution is 2.08. The first-order valence-corrected chi connectivity index (χ1v) is 12.6. The number of aliphatic hydroxyl groups is 1. The van der Waals surface area contributed by atoms with E-state index in [0.717, 1.165) is 12.0 Å². The number of rotatable bonds is 13. The average Bonchev–Trinajstić information content (AvgIpc) is 2.90. The molecule has 0 amide bonds. The molecule has 0 fully saturated rings. The van der Waals surface area contributed by atoms with Crippen LogP contribution in [0.5, 0.6) is 0 Å². The number of aliphatic imine (C=N–C) groups is 1. The Labute approximate surface area is 233 Å². The van der Waals surface area contributed by atoms with Gasteiger partial charge in [0, 0.05) is 6.54 Å². The predicted molar refractivity (Wildman–Crippen MR) is 149 cm³/mol. The molecule has 0 bridgehead atoms. The Kier molecular flexibility index (Phi) is 20.4. The molecule has 40 heavy (non-hydrogen) atoms. The molecule has 1 aromatic carbocycles. The Balaban J connectivity index is 0. The van der Waals surface area contributed by atoms with Crippen molar-refractivity contribution >= 4 is 29.8 Å². The summed E-state index contributed by atoms with van der Waals surface area (Å²) in [5.74, 6) is -3.74. The van der Waals surface area contributed by atoms with Crippen molar-refractivity contribution in [2.45, 2.75) is 76.7 Å². The second-order valence-corrected chi connectivity index (χ2v) is 8.95. The fourth-order valence-electron chi connectivity index (χ4n) is 2.53. The summed E-state index contributed by atoms with van der Waals surface area (Å²) >= 11 is 0. The molecule has 15 nitrogen and oxygen atoms in total. The van der Waals surface area contributed by atoms with E-state index >= 15 is 0 Å². The van der Waals surface area contributed by atoms with Gasteiger partial charge in [0.15, 0.2) is 5.96 Å². The highest BCUT2D eigenvalue weighted by molar-refractivity contribution is 5.90. The number of carboxylic acids is 2. The number of nitrogens with zero attached hydrogens (tertiary/aromatic N) is 1. The number of benzene rings is 1. The number of aliphatic hydroxyl groups excluding tert-OH is 1. The fraction of sp³-hybridized carbons (Fsp3) is 0.560. The molecule has 1 rings (SSSR count). The Morgan fingerprint density at radius 1 is 0.875 bits per heavy atom. The van der Waals surface area contributed by atoms with Crippen LogP contribution in [0.3, 0.4) is 0 Å². The number of hydrogen-bond donors (Lipinski definition) is 9. The average molecular weight is 572 g/mol. The topological polar surface area (TPSA) is 307 Å². The molecule has 0 radical (unpaired) electrons. The highest BCUT2D eigenvalue weighted by atomic mass is 16.6. The molecule has 228 valence electrons. The zero-order chi connectivity index (χ0) is 31.4. The Hall–Kier alpha value is -3.63. The minimum Gasteiger partial charge on any atom is -0.480 e. The second-order valence-electron chi connectivity index (χ2n) is 8.95. The first-order valence-electron chi connectivity index (χ1n) is 12.6. The summed E-state index contributed by atoms with van der Waals surface area (Å²) in [5, 5.41) is 25.1. The zero-order valence-electron chi connectivity index (χ0n) is 23.2. The van der Waals surface area contributed by atoms with Crippen LogP contribution in [0.2, 0.25) is 0 Å². The van der Waals surface area contributed by atoms with Gasteiger partial charge in [-0.05, 0) is 37.7 Å². The first kappa shape index (κ1) is 38.5. The van der Waals surface area contributed by atoms with Gasteiger partial charge in [-0.2, -0.15) is 0 Å². The Bertz CT molecular complexity index is 927. The maximum atomic E-state index is 11.6. The van der Waals surface area contributed by atoms with E-state index in [0.29, 0.717) is 25.8 Å². The number of aliphatic carboxylic acids is 2. The Morgan fingerprint density at radius 3 is 1.82 bits per heavy atom. The normalized spacial score (nSPS) is 14.7. The number of carboxylic acid groups (broad SMARTS) is 2. The van der Waals surface area contributed by atoms with Crippen molar-refractivity contribution in [2.75, 3.05) is 6.54 Å². The molecule has 0 aliphatic heterocycles. The monoisotopic (exact) mass is 571 g/mol. The van der Waals surface area contributed by atoms with Gasteiger partial charge >= 0.3 is 23.9 Å². The number of guanidine groups is 1. The van der Waals surface area contributed by atoms with Crippen molar-refractivity contribution in [3.8, 4) is 0 Å². The maximum absolute atomic E-state index is 11.6. The maximum Gasteiger partial charge on any atom is 0.330 e. The number of ether oxygens (including phenoxy) is 1. The lowest BCUT2D eigenvalue weighted by Gasteiger charge is -2.17. The molecule has 15 N–H and O–H groups in total. The van der Waals surface area contributed by atoms with Crippen LogP contribution >= 0.6 is 0 Å². The second kappa shape index (κ2) is 21.2. The molecule has 0 saturated carbocycles. The molecular formula is C25H45N7O8. The first-order chi connectivity index (χ1) is 18.5. The van der Waals surface area contributed by atoms with Crippen LogP contribution in [0.4, 0.5) is 0 Å². The van der Waals surface area contributed by atoms with Gasteiger partial charge in [-0.3, -0.25) is 14.6 Å². The molecule has 0 spiro atoms. The van der Waals surface area contributed by atoms with Crippen molar-refractivity contribution in [1.29, 1.82) is 0 Å². The van der Waals surface area contributed by atoms with E-state index in [2.05, 4.69) is 9.73 Å². The number of carbonyl (C=O) groups is 4. The summed E-state index contributed by atoms with van der Waals surface area (Å²) in [7, 11) is 0. The highest BCUT2D eigenvalue weighted by Gasteiger charge is 2.26. The lowest BCUT2D eigenvalue weighted by atomic mass is 10.0. The molecule has 0 aromatic heterocycles. The number of hydrogen-bond acceptors (Lipinski definition) is 11. The van der Waals surface area contributed by atoms with Crippen molar-refractivity contribution in [3.63, 3.8) is 0 Å². The Morgan fingerprint density at radius 2 is 1.43 bits per heavy atom. The SMILES string of the molecule is CC[C@H](C)[C@H](N)C(=O)OC(=O)[C@@H](N)CCCN=C(N)N.C[C@@H](O)[C@H](N)C(=O)O.N[C@@H](Cc1ccccc1)C(=O)O. The summed E-state index contributed by atoms with van der Waals surface area (Å²) in [4.78, 5) is 47.2. The van der Waals surface area contributed by atoms with Crippen LogP contribution in [-0.2, 0) is 30.3 Å². The molecule has 0 aliphatic carbocycles. The van der Waals surface area contributed by atoms with Gasteiger partial charge in [-0.1, -0.05) is 50.6 Å². The number of esters is 2. The van der Waals surface area contributed by atoms with Gasteiger partial charge < -0.3 is 54.5 Å². The molecule has 0 saturated heterocycles. The number of carbonyl (C=O) groups excluding carboxylic acids is 2. The standard InChI is InChI=1S/C12H25N5O3.C9H11NO2.C4H9NO3/c1-3-7(2)9(14)11(19)20-10(18)8(13)5-4-6-17-12(15)16;10-8(9(11)12)6-7-4-2-1-3-5-7;1-2(6)3(5)4(7)8/h7-9H,3-6,13-14H2,1-2H3,(H4,15,16,17);1-5,8H,6,10H2,(H,11,12);2-3,6H,5H2,1H3,(H,7,8)/t7-,8-,9-;8-;2-,3+/m001/s1. The van der Waals surface area contributed by atoms with E-state index in [1.165, 1.54) is 6.92 Å². The van der Waals surface area contributed by atoms with E-state index in [1.54, 1.807) is 0 Å². The van der Waals surface area contributed by atoms with Crippen molar-refractivity contribution < 1.29 is 39.2 Å². The van der Waals surface area contributed by atoms with E-state index < -0.39 is 54.1 Å². The lowest BCUT2D eigenvalue weighted by Crippen LogP contribution is -2.42. The largest absolute Gasteiger partial charge is 0.480 e. The molecular weight excluding hydrogens is 526 g/mol. The smallest absolute Gasteiger partial charge is 0.330 e. The van der Waals surface area contributed by atoms with E-state index in [-0.39, 0.29) is 11.9 Å². The third-order valence-electron chi connectivity index (χ3n) is 5.42. The quantitative estimate of drug-likeness (QED) is 0.0416. The fourth-order valence-corrected chi connectivity index (χ4v) is 2.53. The lowest BCUT2D eigenvalue weighted by molar-refractivity contribution is -0.162. The summed E-state index contributed by atoms with van der Waals surface area (Å²) < 4.78 is 4.66. The molecule has 0 aliphatic rings. The summed E-state index contributed by atoms with van der Waals surface area (Å²) in [5.41, 5.74) is 32.8. The molecule has 0 heterocycles. The summed E-state index contributed by atoms with van der Waals surface area (Å²) in [6.45, 7) is 5.41. The van der Waals surface area contributed by atoms with Crippen LogP contribution < -0.4 is 34.4 Å². The van der Waals surface area contributed by atoms with Gasteiger partial charge in [-0.25, -0.2) is 9.59 Å². The van der Waals surface area contributed by atoms with E-state index in [9.17, 15) is 19.2 Å². The van der Waals surface area contributed by atoms with E-state index in [1.807, 2.05) is 44.2 Å². The third-order valence-corrected chi connectivity index (χ3v) is 5.42. The zero-order valence-corrected chi connectivity index (χ0v) is 23.2. The van der Waals surface area contributed by atoms with Gasteiger partial charge in [0.05, 0.1) is 6.10 Å². The van der Waals surface area contributed by atoms with Gasteiger partial charge in [0.1, 0.15) is 24.2 Å². The molecule has 15 heteroatoms. The molecule has 1 aromatic rings. The minimum absolute atomic E-state index is 0.0177. The van der Waals surface area contributed by atoms with Crippen molar-refractivity contribution in [3.05, 3.63) is 35.9 Å². The van der Waals surface area contributed by atoms with Crippen LogP contribution in [0.25, 0.3) is 0 Å². The summed E-state index contributed by atoms with van der Waals surface area (Å²) in [6.07, 6.45) is 0.958. The number of nitrogens with two attached hydrogens (primary N) is 6. The third kappa shape index (κ3) is 18.6.